The highest BCUT2D eigenvalue weighted by atomic mass is 32.1. The second kappa shape index (κ2) is 9.03. The molecule has 35 heavy (non-hydrogen) atoms. The van der Waals surface area contributed by atoms with Crippen LogP contribution < -0.4 is 9.47 Å². The Balaban J connectivity index is 1.12. The van der Waals surface area contributed by atoms with E-state index in [1.807, 2.05) is 52.4 Å². The molecule has 10 heteroatoms. The van der Waals surface area contributed by atoms with E-state index >= 15 is 0 Å². The Bertz CT molecular complexity index is 1380. The van der Waals surface area contributed by atoms with E-state index in [1.165, 1.54) is 11.3 Å². The molecular formula is C25H23N5O4S. The van der Waals surface area contributed by atoms with E-state index in [4.69, 9.17) is 14.5 Å². The third-order valence-corrected chi connectivity index (χ3v) is 6.92. The lowest BCUT2D eigenvalue weighted by molar-refractivity contribution is -0.146. The molecule has 1 saturated heterocycles. The van der Waals surface area contributed by atoms with Gasteiger partial charge in [-0.1, -0.05) is 24.3 Å². The maximum atomic E-state index is 13.3. The molecule has 2 aromatic carbocycles. The molecule has 2 aliphatic rings. The summed E-state index contributed by atoms with van der Waals surface area (Å²) in [4.78, 5) is 38.9. The number of hydrogen-bond donors (Lipinski definition) is 0. The fourth-order valence-electron chi connectivity index (χ4n) is 4.51. The highest BCUT2D eigenvalue weighted by molar-refractivity contribution is 7.07. The smallest absolute Gasteiger partial charge is 0.267 e. The highest BCUT2D eigenvalue weighted by Crippen LogP contribution is 2.31. The van der Waals surface area contributed by atoms with Gasteiger partial charge >= 0.3 is 0 Å². The Kier molecular flexibility index (Phi) is 5.57. The first-order valence-corrected chi connectivity index (χ1v) is 12.4. The van der Waals surface area contributed by atoms with Crippen molar-refractivity contribution in [2.24, 2.45) is 0 Å². The summed E-state index contributed by atoms with van der Waals surface area (Å²) in [6.07, 6.45) is -0.676. The van der Waals surface area contributed by atoms with Crippen molar-refractivity contribution in [1.82, 2.24) is 24.3 Å². The number of imidazole rings is 1. The minimum Gasteiger partial charge on any atom is -0.485 e. The maximum absolute atomic E-state index is 13.3. The van der Waals surface area contributed by atoms with Crippen LogP contribution in [0.4, 0.5) is 0 Å². The highest BCUT2D eigenvalue weighted by Gasteiger charge is 2.33. The number of carbonyl (C=O) groups is 2. The zero-order valence-corrected chi connectivity index (χ0v) is 19.7. The SMILES string of the molecule is O=C(Cn1c(-c2cscn2)nc2ccccc21)N1CCN(C(=O)[C@@H]2COc3ccccc3O2)CC1. The van der Waals surface area contributed by atoms with Crippen molar-refractivity contribution in [3.63, 3.8) is 0 Å². The molecule has 2 aliphatic heterocycles. The van der Waals surface area contributed by atoms with Gasteiger partial charge in [-0.25, -0.2) is 9.97 Å². The van der Waals surface area contributed by atoms with Crippen LogP contribution in [0.3, 0.4) is 0 Å². The fraction of sp³-hybridized carbons (Fsp3) is 0.280. The normalized spacial score (nSPS) is 17.5. The Labute approximate surface area is 205 Å². The molecular weight excluding hydrogens is 466 g/mol. The molecule has 178 valence electrons. The Morgan fingerprint density at radius 2 is 1.71 bits per heavy atom. The number of rotatable bonds is 4. The van der Waals surface area contributed by atoms with Crippen LogP contribution in [0.25, 0.3) is 22.6 Å². The minimum absolute atomic E-state index is 0.0112. The summed E-state index contributed by atoms with van der Waals surface area (Å²) in [7, 11) is 0. The van der Waals surface area contributed by atoms with E-state index in [9.17, 15) is 9.59 Å². The van der Waals surface area contributed by atoms with Gasteiger partial charge in [0.1, 0.15) is 18.8 Å². The van der Waals surface area contributed by atoms with Crippen LogP contribution in [0, 0.1) is 0 Å². The molecule has 0 saturated carbocycles. The zero-order chi connectivity index (χ0) is 23.8. The van der Waals surface area contributed by atoms with E-state index < -0.39 is 6.10 Å². The number of nitrogens with zero attached hydrogens (tertiary/aromatic N) is 5. The van der Waals surface area contributed by atoms with Crippen LogP contribution in [0.2, 0.25) is 0 Å². The van der Waals surface area contributed by atoms with Crippen LogP contribution in [0.1, 0.15) is 0 Å². The van der Waals surface area contributed by atoms with Crippen molar-refractivity contribution >= 4 is 34.2 Å². The van der Waals surface area contributed by atoms with Crippen molar-refractivity contribution in [3.05, 3.63) is 59.4 Å². The van der Waals surface area contributed by atoms with Crippen molar-refractivity contribution in [1.29, 1.82) is 0 Å². The first kappa shape index (κ1) is 21.6. The van der Waals surface area contributed by atoms with Gasteiger partial charge in [-0.05, 0) is 24.3 Å². The van der Waals surface area contributed by atoms with Crippen LogP contribution in [0.5, 0.6) is 11.5 Å². The molecule has 0 N–H and O–H groups in total. The average Bonchev–Trinajstić information content (AvgIpc) is 3.56. The third-order valence-electron chi connectivity index (χ3n) is 6.34. The van der Waals surface area contributed by atoms with Crippen LogP contribution in [-0.2, 0) is 16.1 Å². The molecule has 0 aliphatic carbocycles. The number of aromatic nitrogens is 3. The molecule has 9 nitrogen and oxygen atoms in total. The van der Waals surface area contributed by atoms with E-state index in [0.717, 1.165) is 16.7 Å². The molecule has 1 fully saturated rings. The molecule has 2 aromatic heterocycles. The molecule has 6 rings (SSSR count). The van der Waals surface area contributed by atoms with Crippen molar-refractivity contribution in [2.75, 3.05) is 32.8 Å². The van der Waals surface area contributed by atoms with Crippen molar-refractivity contribution in [3.8, 4) is 23.0 Å². The van der Waals surface area contributed by atoms with Gasteiger partial charge in [-0.2, -0.15) is 0 Å². The van der Waals surface area contributed by atoms with Crippen LogP contribution >= 0.6 is 11.3 Å². The Morgan fingerprint density at radius 1 is 0.971 bits per heavy atom. The van der Waals surface area contributed by atoms with Gasteiger partial charge in [0.25, 0.3) is 5.91 Å². The van der Waals surface area contributed by atoms with Crippen LogP contribution in [0.15, 0.2) is 59.4 Å². The summed E-state index contributed by atoms with van der Waals surface area (Å²) in [6.45, 7) is 2.19. The monoisotopic (exact) mass is 489 g/mol. The van der Waals surface area contributed by atoms with E-state index in [1.54, 1.807) is 21.4 Å². The summed E-state index contributed by atoms with van der Waals surface area (Å²) in [5, 5.41) is 1.93. The number of para-hydroxylation sites is 4. The number of thiazole rings is 1. The molecule has 2 amide bonds. The van der Waals surface area contributed by atoms with E-state index in [0.29, 0.717) is 43.5 Å². The number of amides is 2. The van der Waals surface area contributed by atoms with Crippen LogP contribution in [-0.4, -0.2) is 75.0 Å². The molecule has 0 unspecified atom stereocenters. The summed E-state index contributed by atoms with van der Waals surface area (Å²) in [5.74, 6) is 1.79. The lowest BCUT2D eigenvalue weighted by atomic mass is 10.2. The largest absolute Gasteiger partial charge is 0.485 e. The molecule has 0 radical (unpaired) electrons. The number of carbonyl (C=O) groups excluding carboxylic acids is 2. The summed E-state index contributed by atoms with van der Waals surface area (Å²) in [5.41, 5.74) is 4.24. The molecule has 0 bridgehead atoms. The maximum Gasteiger partial charge on any atom is 0.267 e. The standard InChI is InChI=1S/C25H23N5O4S/c31-23(13-30-19-6-2-1-5-17(19)27-24(30)18-15-35-16-26-18)28-9-11-29(12-10-28)25(32)22-14-33-20-7-3-4-8-21(20)34-22/h1-8,15-16,22H,9-14H2/t22-/m0/s1. The van der Waals surface area contributed by atoms with E-state index in [-0.39, 0.29) is 25.0 Å². The van der Waals surface area contributed by atoms with Crippen molar-refractivity contribution in [2.45, 2.75) is 12.6 Å². The van der Waals surface area contributed by atoms with Gasteiger partial charge in [0.05, 0.1) is 16.5 Å². The number of ether oxygens (including phenoxy) is 2. The second-order valence-electron chi connectivity index (χ2n) is 8.45. The molecule has 4 aromatic rings. The van der Waals surface area contributed by atoms with Gasteiger partial charge in [-0.3, -0.25) is 9.59 Å². The minimum atomic E-state index is -0.676. The van der Waals surface area contributed by atoms with Gasteiger partial charge < -0.3 is 23.8 Å². The quantitative estimate of drug-likeness (QED) is 0.438. The first-order valence-electron chi connectivity index (χ1n) is 11.5. The lowest BCUT2D eigenvalue weighted by Gasteiger charge is -2.37. The van der Waals surface area contributed by atoms with Gasteiger partial charge in [0, 0.05) is 31.6 Å². The van der Waals surface area contributed by atoms with E-state index in [2.05, 4.69) is 4.98 Å². The predicted octanol–water partition coefficient (Wildman–Crippen LogP) is 2.67. The topological polar surface area (TPSA) is 89.8 Å². The Hall–Kier alpha value is -3.92. The third kappa shape index (κ3) is 4.10. The van der Waals surface area contributed by atoms with Gasteiger partial charge in [0.2, 0.25) is 12.0 Å². The second-order valence-corrected chi connectivity index (χ2v) is 9.17. The Morgan fingerprint density at radius 3 is 2.51 bits per heavy atom. The fourth-order valence-corrected chi connectivity index (χ4v) is 5.04. The molecule has 0 spiro atoms. The van der Waals surface area contributed by atoms with Gasteiger partial charge in [0.15, 0.2) is 17.3 Å². The average molecular weight is 490 g/mol. The zero-order valence-electron chi connectivity index (χ0n) is 18.9. The lowest BCUT2D eigenvalue weighted by Crippen LogP contribution is -2.55. The van der Waals surface area contributed by atoms with Gasteiger partial charge in [-0.15, -0.1) is 11.3 Å². The summed E-state index contributed by atoms with van der Waals surface area (Å²) < 4.78 is 13.5. The molecule has 4 heterocycles. The number of piperazine rings is 1. The summed E-state index contributed by atoms with van der Waals surface area (Å²) in [6, 6.07) is 15.1. The number of benzene rings is 2. The number of fused-ring (bicyclic) bond motifs is 2. The molecule has 1 atom stereocenters. The number of hydrogen-bond acceptors (Lipinski definition) is 7. The predicted molar refractivity (Wildman–Crippen MR) is 130 cm³/mol. The first-order chi connectivity index (χ1) is 17.2. The van der Waals surface area contributed by atoms with Crippen molar-refractivity contribution < 1.29 is 19.1 Å². The summed E-state index contributed by atoms with van der Waals surface area (Å²) >= 11 is 1.49.